The van der Waals surface area contributed by atoms with E-state index in [1.807, 2.05) is 0 Å². The maximum absolute atomic E-state index is 12.8. The van der Waals surface area contributed by atoms with E-state index in [2.05, 4.69) is 0 Å². The number of carbonyl (C=O) groups is 2. The van der Waals surface area contributed by atoms with E-state index in [1.165, 1.54) is 18.6 Å². The molecule has 1 aliphatic heterocycles. The minimum Gasteiger partial charge on any atom is -0.455 e. The summed E-state index contributed by atoms with van der Waals surface area (Å²) in [6, 6.07) is 4.59. The van der Waals surface area contributed by atoms with Crippen LogP contribution in [0.1, 0.15) is 44.1 Å². The van der Waals surface area contributed by atoms with Gasteiger partial charge in [-0.05, 0) is 80.2 Å². The Hall–Kier alpha value is -2.44. The van der Waals surface area contributed by atoms with Crippen LogP contribution >= 0.6 is 0 Å². The monoisotopic (exact) mass is 398 g/mol. The van der Waals surface area contributed by atoms with Crippen molar-refractivity contribution >= 4 is 23.3 Å². The minimum absolute atomic E-state index is 0.0337. The number of rotatable bonds is 4. The number of esters is 1. The Morgan fingerprint density at radius 1 is 1.10 bits per heavy atom. The Balaban J connectivity index is 1.24. The molecule has 29 heavy (non-hydrogen) atoms. The van der Waals surface area contributed by atoms with Crippen LogP contribution in [-0.4, -0.2) is 30.0 Å². The van der Waals surface area contributed by atoms with E-state index in [4.69, 9.17) is 4.74 Å². The summed E-state index contributed by atoms with van der Waals surface area (Å²) in [6.07, 6.45) is 7.33. The topological polar surface area (TPSA) is 89.8 Å². The average Bonchev–Trinajstić information content (AvgIpc) is 2.70. The molecule has 1 amide bonds. The summed E-state index contributed by atoms with van der Waals surface area (Å²) in [5, 5.41) is 11.0. The Bertz CT molecular complexity index is 839. The van der Waals surface area contributed by atoms with Crippen molar-refractivity contribution in [1.29, 1.82) is 0 Å². The standard InChI is InChI=1S/C22H26N2O5/c25-20(23-5-1-2-15-11-18(24(27)28)3-4-19(15)23)12-29-22(26)21-16-7-13-6-14(9-16)10-17(21)8-13/h3-4,11,13-14,16-17,21H,1-2,5-10,12H2. The molecule has 1 aromatic carbocycles. The number of benzene rings is 1. The SMILES string of the molecule is O=C(OCC(=O)N1CCCc2cc([N+](=O)[O-])ccc21)C1C2CC3CC(C2)CC1C3. The number of ether oxygens (including phenoxy) is 1. The van der Waals surface area contributed by atoms with Gasteiger partial charge in [0.25, 0.3) is 11.6 Å². The second kappa shape index (κ2) is 7.11. The van der Waals surface area contributed by atoms with Gasteiger partial charge in [-0.2, -0.15) is 0 Å². The number of fused-ring (bicyclic) bond motifs is 1. The number of aryl methyl sites for hydroxylation is 1. The Morgan fingerprint density at radius 2 is 1.79 bits per heavy atom. The molecule has 7 heteroatoms. The average molecular weight is 398 g/mol. The van der Waals surface area contributed by atoms with E-state index in [1.54, 1.807) is 11.0 Å². The number of hydrogen-bond acceptors (Lipinski definition) is 5. The highest BCUT2D eigenvalue weighted by molar-refractivity contribution is 5.96. The Morgan fingerprint density at radius 3 is 2.45 bits per heavy atom. The van der Waals surface area contributed by atoms with Gasteiger partial charge in [0, 0.05) is 24.4 Å². The van der Waals surface area contributed by atoms with Gasteiger partial charge < -0.3 is 9.64 Å². The maximum Gasteiger partial charge on any atom is 0.310 e. The molecule has 4 bridgehead atoms. The summed E-state index contributed by atoms with van der Waals surface area (Å²) < 4.78 is 5.52. The highest BCUT2D eigenvalue weighted by atomic mass is 16.6. The molecule has 0 radical (unpaired) electrons. The van der Waals surface area contributed by atoms with Gasteiger partial charge in [-0.15, -0.1) is 0 Å². The van der Waals surface area contributed by atoms with Gasteiger partial charge in [0.1, 0.15) is 0 Å². The zero-order valence-corrected chi connectivity index (χ0v) is 16.4. The van der Waals surface area contributed by atoms with Gasteiger partial charge in [-0.3, -0.25) is 19.7 Å². The van der Waals surface area contributed by atoms with Crippen molar-refractivity contribution in [2.45, 2.75) is 44.9 Å². The van der Waals surface area contributed by atoms with Crippen LogP contribution in [0.15, 0.2) is 18.2 Å². The predicted molar refractivity (Wildman–Crippen MR) is 105 cm³/mol. The largest absolute Gasteiger partial charge is 0.455 e. The molecule has 4 fully saturated rings. The fourth-order valence-electron chi connectivity index (χ4n) is 6.57. The lowest BCUT2D eigenvalue weighted by Crippen LogP contribution is -2.49. The Labute approximate surface area is 169 Å². The van der Waals surface area contributed by atoms with Crippen LogP contribution in [-0.2, 0) is 20.7 Å². The fraction of sp³-hybridized carbons (Fsp3) is 0.636. The molecule has 1 aromatic rings. The van der Waals surface area contributed by atoms with Crippen LogP contribution < -0.4 is 4.90 Å². The van der Waals surface area contributed by atoms with Gasteiger partial charge in [0.2, 0.25) is 0 Å². The molecule has 0 atom stereocenters. The van der Waals surface area contributed by atoms with Crippen LogP contribution in [0, 0.1) is 39.7 Å². The van der Waals surface area contributed by atoms with Gasteiger partial charge in [-0.1, -0.05) is 0 Å². The molecule has 0 spiro atoms. The molecule has 6 rings (SSSR count). The molecule has 0 saturated heterocycles. The van der Waals surface area contributed by atoms with E-state index in [9.17, 15) is 19.7 Å². The quantitative estimate of drug-likeness (QED) is 0.440. The summed E-state index contributed by atoms with van der Waals surface area (Å²) in [5.41, 5.74) is 1.52. The van der Waals surface area contributed by atoms with Gasteiger partial charge >= 0.3 is 5.97 Å². The highest BCUT2D eigenvalue weighted by Crippen LogP contribution is 2.56. The number of non-ortho nitro benzene ring substituents is 1. The van der Waals surface area contributed by atoms with E-state index in [0.29, 0.717) is 30.5 Å². The molecule has 0 aromatic heterocycles. The van der Waals surface area contributed by atoms with Gasteiger partial charge in [0.05, 0.1) is 10.8 Å². The van der Waals surface area contributed by atoms with Crippen LogP contribution in [0.5, 0.6) is 0 Å². The molecule has 4 aliphatic carbocycles. The first-order valence-electron chi connectivity index (χ1n) is 10.7. The number of hydrogen-bond donors (Lipinski definition) is 0. The third-order valence-corrected chi connectivity index (χ3v) is 7.53. The first-order valence-corrected chi connectivity index (χ1v) is 10.7. The number of anilines is 1. The first kappa shape index (κ1) is 18.6. The number of nitrogens with zero attached hydrogens (tertiary/aromatic N) is 2. The normalized spacial score (nSPS) is 32.0. The van der Waals surface area contributed by atoms with Crippen molar-refractivity contribution < 1.29 is 19.2 Å². The molecule has 4 saturated carbocycles. The van der Waals surface area contributed by atoms with E-state index >= 15 is 0 Å². The lowest BCUT2D eigenvalue weighted by atomic mass is 9.52. The van der Waals surface area contributed by atoms with Crippen LogP contribution in [0.3, 0.4) is 0 Å². The van der Waals surface area contributed by atoms with Crippen LogP contribution in [0.4, 0.5) is 11.4 Å². The fourth-order valence-corrected chi connectivity index (χ4v) is 6.57. The van der Waals surface area contributed by atoms with Gasteiger partial charge in [0.15, 0.2) is 6.61 Å². The molecule has 154 valence electrons. The summed E-state index contributed by atoms with van der Waals surface area (Å²) in [7, 11) is 0. The number of nitro groups is 1. The van der Waals surface area contributed by atoms with Gasteiger partial charge in [-0.25, -0.2) is 0 Å². The van der Waals surface area contributed by atoms with Crippen LogP contribution in [0.2, 0.25) is 0 Å². The van der Waals surface area contributed by atoms with Crippen molar-refractivity contribution in [3.8, 4) is 0 Å². The van der Waals surface area contributed by atoms with Crippen molar-refractivity contribution in [1.82, 2.24) is 0 Å². The highest BCUT2D eigenvalue weighted by Gasteiger charge is 2.51. The second-order valence-corrected chi connectivity index (χ2v) is 9.28. The first-order chi connectivity index (χ1) is 14.0. The third-order valence-electron chi connectivity index (χ3n) is 7.53. The maximum atomic E-state index is 12.8. The predicted octanol–water partition coefficient (Wildman–Crippen LogP) is 3.49. The molecule has 1 heterocycles. The molecule has 0 unspecified atom stereocenters. The number of amides is 1. The van der Waals surface area contributed by atoms with E-state index in [-0.39, 0.29) is 30.1 Å². The number of nitro benzene ring substituents is 1. The summed E-state index contributed by atoms with van der Waals surface area (Å²) in [5.74, 6) is 1.96. The van der Waals surface area contributed by atoms with Crippen molar-refractivity contribution in [3.63, 3.8) is 0 Å². The summed E-state index contributed by atoms with van der Waals surface area (Å²) in [6.45, 7) is 0.289. The summed E-state index contributed by atoms with van der Waals surface area (Å²) in [4.78, 5) is 37.8. The Kier molecular flexibility index (Phi) is 4.56. The molecular weight excluding hydrogens is 372 g/mol. The van der Waals surface area contributed by atoms with E-state index < -0.39 is 4.92 Å². The number of carbonyl (C=O) groups excluding carboxylic acids is 2. The zero-order chi connectivity index (χ0) is 20.1. The molecular formula is C22H26N2O5. The molecule has 0 N–H and O–H groups in total. The lowest BCUT2D eigenvalue weighted by molar-refractivity contribution is -0.384. The second-order valence-electron chi connectivity index (χ2n) is 9.28. The van der Waals surface area contributed by atoms with Crippen LogP contribution in [0.25, 0.3) is 0 Å². The molecule has 7 nitrogen and oxygen atoms in total. The minimum atomic E-state index is -0.423. The summed E-state index contributed by atoms with van der Waals surface area (Å²) >= 11 is 0. The van der Waals surface area contributed by atoms with Crippen molar-refractivity contribution in [2.24, 2.45) is 29.6 Å². The van der Waals surface area contributed by atoms with Crippen molar-refractivity contribution in [2.75, 3.05) is 18.1 Å². The zero-order valence-electron chi connectivity index (χ0n) is 16.4. The third kappa shape index (κ3) is 3.30. The molecule has 5 aliphatic rings. The van der Waals surface area contributed by atoms with Crippen molar-refractivity contribution in [3.05, 3.63) is 33.9 Å². The smallest absolute Gasteiger partial charge is 0.310 e. The van der Waals surface area contributed by atoms with E-state index in [0.717, 1.165) is 49.5 Å². The lowest BCUT2D eigenvalue weighted by Gasteiger charge is -2.53.